The van der Waals surface area contributed by atoms with Crippen LogP contribution in [0.15, 0.2) is 54.7 Å². The van der Waals surface area contributed by atoms with Crippen molar-refractivity contribution in [2.75, 3.05) is 67.7 Å². The first kappa shape index (κ1) is 25.6. The SMILES string of the molecule is CN(c1ccccc1Nc1nc(Nc2ccc(OCCN3CCOCC3)cc2)ncc1F)S(C)(=O)=O. The maximum atomic E-state index is 14.5. The van der Waals surface area contributed by atoms with Gasteiger partial charge in [0.05, 0.1) is 37.0 Å². The van der Waals surface area contributed by atoms with Gasteiger partial charge in [-0.15, -0.1) is 0 Å². The summed E-state index contributed by atoms with van der Waals surface area (Å²) in [7, 11) is -2.08. The number of hydrogen-bond donors (Lipinski definition) is 2. The van der Waals surface area contributed by atoms with Crippen LogP contribution in [0.25, 0.3) is 0 Å². The summed E-state index contributed by atoms with van der Waals surface area (Å²) in [5.74, 6) is 0.142. The number of nitrogens with one attached hydrogen (secondary N) is 2. The summed E-state index contributed by atoms with van der Waals surface area (Å²) in [6.07, 6.45) is 2.14. The maximum Gasteiger partial charge on any atom is 0.232 e. The number of para-hydroxylation sites is 2. The first-order valence-corrected chi connectivity index (χ1v) is 13.3. The molecule has 192 valence electrons. The maximum absolute atomic E-state index is 14.5. The standard InChI is InChI=1S/C24H29FN6O4S/c1-30(36(2,32)33)22-6-4-3-5-21(22)28-23-20(25)17-26-24(29-23)27-18-7-9-19(10-8-18)35-16-13-31-11-14-34-15-12-31/h3-10,17H,11-16H2,1-2H3,(H2,26,27,28,29). The molecule has 1 aliphatic heterocycles. The van der Waals surface area contributed by atoms with Crippen molar-refractivity contribution in [2.45, 2.75) is 0 Å². The summed E-state index contributed by atoms with van der Waals surface area (Å²) in [6, 6.07) is 14.0. The minimum atomic E-state index is -3.51. The highest BCUT2D eigenvalue weighted by Gasteiger charge is 2.17. The molecule has 0 bridgehead atoms. The van der Waals surface area contributed by atoms with Crippen molar-refractivity contribution in [3.8, 4) is 5.75 Å². The van der Waals surface area contributed by atoms with E-state index in [1.165, 1.54) is 7.05 Å². The predicted octanol–water partition coefficient (Wildman–Crippen LogP) is 3.21. The summed E-state index contributed by atoms with van der Waals surface area (Å²) in [5, 5.41) is 5.92. The number of nitrogens with zero attached hydrogens (tertiary/aromatic N) is 4. The molecule has 0 unspecified atom stereocenters. The zero-order chi connectivity index (χ0) is 25.5. The smallest absolute Gasteiger partial charge is 0.232 e. The molecule has 0 radical (unpaired) electrons. The summed E-state index contributed by atoms with van der Waals surface area (Å²) < 4.78 is 50.7. The number of hydrogen-bond acceptors (Lipinski definition) is 9. The van der Waals surface area contributed by atoms with Crippen LogP contribution in [0.4, 0.5) is 33.2 Å². The summed E-state index contributed by atoms with van der Waals surface area (Å²) in [5.41, 5.74) is 1.44. The van der Waals surface area contributed by atoms with Crippen molar-refractivity contribution in [1.82, 2.24) is 14.9 Å². The zero-order valence-electron chi connectivity index (χ0n) is 20.1. The highest BCUT2D eigenvalue weighted by atomic mass is 32.2. The van der Waals surface area contributed by atoms with Crippen molar-refractivity contribution in [2.24, 2.45) is 0 Å². The quantitative estimate of drug-likeness (QED) is 0.420. The molecule has 1 aromatic heterocycles. The van der Waals surface area contributed by atoms with Gasteiger partial charge in [-0.2, -0.15) is 4.98 Å². The number of halogens is 1. The third-order valence-electron chi connectivity index (χ3n) is 5.63. The van der Waals surface area contributed by atoms with Gasteiger partial charge in [-0.05, 0) is 36.4 Å². The second kappa shape index (κ2) is 11.5. The third-order valence-corrected chi connectivity index (χ3v) is 6.82. The highest BCUT2D eigenvalue weighted by Crippen LogP contribution is 2.30. The molecular weight excluding hydrogens is 487 g/mol. The Morgan fingerprint density at radius 2 is 1.83 bits per heavy atom. The Labute approximate surface area is 210 Å². The van der Waals surface area contributed by atoms with Gasteiger partial charge in [0.25, 0.3) is 0 Å². The van der Waals surface area contributed by atoms with Gasteiger partial charge < -0.3 is 20.1 Å². The van der Waals surface area contributed by atoms with Gasteiger partial charge in [-0.3, -0.25) is 9.21 Å². The largest absolute Gasteiger partial charge is 0.492 e. The molecule has 0 aliphatic carbocycles. The fourth-order valence-electron chi connectivity index (χ4n) is 3.56. The van der Waals surface area contributed by atoms with Gasteiger partial charge in [-0.1, -0.05) is 12.1 Å². The Kier molecular flexibility index (Phi) is 8.18. The van der Waals surface area contributed by atoms with Gasteiger partial charge >= 0.3 is 0 Å². The zero-order valence-corrected chi connectivity index (χ0v) is 21.0. The molecular formula is C24H29FN6O4S. The predicted molar refractivity (Wildman–Crippen MR) is 137 cm³/mol. The van der Waals surface area contributed by atoms with Crippen molar-refractivity contribution in [3.63, 3.8) is 0 Å². The second-order valence-corrected chi connectivity index (χ2v) is 10.2. The number of anilines is 5. The topological polar surface area (TPSA) is 109 Å². The molecule has 2 N–H and O–H groups in total. The van der Waals surface area contributed by atoms with Gasteiger partial charge in [-0.25, -0.2) is 17.8 Å². The molecule has 0 spiro atoms. The minimum absolute atomic E-state index is 0.0927. The molecule has 1 fully saturated rings. The number of sulfonamides is 1. The summed E-state index contributed by atoms with van der Waals surface area (Å²) in [6.45, 7) is 4.77. The van der Waals surface area contributed by atoms with Crippen molar-refractivity contribution in [1.29, 1.82) is 0 Å². The first-order valence-electron chi connectivity index (χ1n) is 11.4. The Bertz CT molecular complexity index is 1270. The minimum Gasteiger partial charge on any atom is -0.492 e. The van der Waals surface area contributed by atoms with Gasteiger partial charge in [0.2, 0.25) is 16.0 Å². The van der Waals surface area contributed by atoms with E-state index >= 15 is 0 Å². The van der Waals surface area contributed by atoms with Crippen LogP contribution in [0.5, 0.6) is 5.75 Å². The Balaban J connectivity index is 1.40. The van der Waals surface area contributed by atoms with Crippen LogP contribution in [0, 0.1) is 5.82 Å². The molecule has 4 rings (SSSR count). The normalized spacial score (nSPS) is 14.3. The average molecular weight is 517 g/mol. The number of rotatable bonds is 10. The number of ether oxygens (including phenoxy) is 2. The van der Waals surface area contributed by atoms with Crippen LogP contribution < -0.4 is 19.7 Å². The monoisotopic (exact) mass is 516 g/mol. The van der Waals surface area contributed by atoms with Crippen LogP contribution >= 0.6 is 0 Å². The Morgan fingerprint density at radius 3 is 2.56 bits per heavy atom. The number of benzene rings is 2. The van der Waals surface area contributed by atoms with Crippen LogP contribution in [-0.4, -0.2) is 76.0 Å². The average Bonchev–Trinajstić information content (AvgIpc) is 2.87. The molecule has 36 heavy (non-hydrogen) atoms. The third kappa shape index (κ3) is 6.80. The molecule has 3 aromatic rings. The van der Waals surface area contributed by atoms with E-state index in [9.17, 15) is 12.8 Å². The van der Waals surface area contributed by atoms with Crippen molar-refractivity contribution in [3.05, 3.63) is 60.5 Å². The molecule has 12 heteroatoms. The molecule has 2 heterocycles. The van der Waals surface area contributed by atoms with Crippen LogP contribution in [0.1, 0.15) is 0 Å². The van der Waals surface area contributed by atoms with Crippen molar-refractivity contribution >= 4 is 38.9 Å². The van der Waals surface area contributed by atoms with E-state index in [-0.39, 0.29) is 11.8 Å². The summed E-state index contributed by atoms with van der Waals surface area (Å²) in [4.78, 5) is 10.5. The lowest BCUT2D eigenvalue weighted by Crippen LogP contribution is -2.38. The fraction of sp³-hybridized carbons (Fsp3) is 0.333. The van der Waals surface area contributed by atoms with E-state index in [2.05, 4.69) is 25.5 Å². The van der Waals surface area contributed by atoms with E-state index in [1.807, 2.05) is 24.3 Å². The number of morpholine rings is 1. The Morgan fingerprint density at radius 1 is 1.11 bits per heavy atom. The van der Waals surface area contributed by atoms with Crippen LogP contribution in [0.2, 0.25) is 0 Å². The van der Waals surface area contributed by atoms with E-state index < -0.39 is 15.8 Å². The van der Waals surface area contributed by atoms with Gasteiger partial charge in [0.15, 0.2) is 11.6 Å². The van der Waals surface area contributed by atoms with E-state index in [4.69, 9.17) is 9.47 Å². The highest BCUT2D eigenvalue weighted by molar-refractivity contribution is 7.92. The van der Waals surface area contributed by atoms with E-state index in [1.54, 1.807) is 24.3 Å². The van der Waals surface area contributed by atoms with Gasteiger partial charge in [0, 0.05) is 32.4 Å². The first-order chi connectivity index (χ1) is 17.3. The molecule has 2 aromatic carbocycles. The molecule has 10 nitrogen and oxygen atoms in total. The van der Waals surface area contributed by atoms with E-state index in [0.29, 0.717) is 23.7 Å². The molecule has 0 amide bonds. The fourth-order valence-corrected chi connectivity index (χ4v) is 4.07. The van der Waals surface area contributed by atoms with Crippen molar-refractivity contribution < 1.29 is 22.3 Å². The number of aromatic nitrogens is 2. The van der Waals surface area contributed by atoms with Gasteiger partial charge in [0.1, 0.15) is 12.4 Å². The molecule has 1 aliphatic rings. The summed E-state index contributed by atoms with van der Waals surface area (Å²) >= 11 is 0. The molecule has 0 saturated carbocycles. The second-order valence-electron chi connectivity index (χ2n) is 8.21. The lowest BCUT2D eigenvalue weighted by molar-refractivity contribution is 0.0322. The van der Waals surface area contributed by atoms with E-state index in [0.717, 1.165) is 55.4 Å². The molecule has 1 saturated heterocycles. The van der Waals surface area contributed by atoms with Crippen LogP contribution in [0.3, 0.4) is 0 Å². The van der Waals surface area contributed by atoms with Crippen LogP contribution in [-0.2, 0) is 14.8 Å². The molecule has 0 atom stereocenters. The lowest BCUT2D eigenvalue weighted by atomic mass is 10.2. The Hall–Kier alpha value is -3.48. The lowest BCUT2D eigenvalue weighted by Gasteiger charge is -2.26.